The lowest BCUT2D eigenvalue weighted by molar-refractivity contribution is -0.539. The molecule has 45 heavy (non-hydrogen) atoms. The van der Waals surface area contributed by atoms with Crippen LogP contribution in [0.15, 0.2) is 132 Å². The lowest BCUT2D eigenvalue weighted by Crippen LogP contribution is -2.22. The maximum Gasteiger partial charge on any atom is 0.200 e. The van der Waals surface area contributed by atoms with E-state index >= 15 is 0 Å². The van der Waals surface area contributed by atoms with E-state index in [0.29, 0.717) is 11.1 Å². The van der Waals surface area contributed by atoms with E-state index in [-0.39, 0.29) is 4.90 Å². The Hall–Kier alpha value is -4.52. The minimum atomic E-state index is -4.71. The molecule has 1 aliphatic rings. The van der Waals surface area contributed by atoms with Crippen molar-refractivity contribution in [3.8, 4) is 0 Å². The average Bonchev–Trinajstić information content (AvgIpc) is 3.03. The van der Waals surface area contributed by atoms with Crippen LogP contribution < -0.4 is 4.90 Å². The molecule has 0 amide bonds. The molecule has 5 rings (SSSR count). The summed E-state index contributed by atoms with van der Waals surface area (Å²) in [6, 6.07) is 31.7. The second-order valence-corrected chi connectivity index (χ2v) is 12.8. The Bertz CT molecular complexity index is 1900. The molecule has 230 valence electrons. The number of aryl methyl sites for hydroxylation is 2. The van der Waals surface area contributed by atoms with Gasteiger partial charge in [0.05, 0.1) is 4.90 Å². The highest BCUT2D eigenvalue weighted by molar-refractivity contribution is 7.85. The van der Waals surface area contributed by atoms with Gasteiger partial charge in [-0.3, -0.25) is 0 Å². The molecule has 0 N–H and O–H groups in total. The zero-order chi connectivity index (χ0) is 32.0. The van der Waals surface area contributed by atoms with Crippen molar-refractivity contribution in [2.24, 2.45) is 0 Å². The van der Waals surface area contributed by atoms with Crippen LogP contribution >= 0.6 is 0 Å². The molecule has 0 aromatic heterocycles. The molecule has 0 unspecified atom stereocenters. The van der Waals surface area contributed by atoms with Crippen molar-refractivity contribution in [3.63, 3.8) is 0 Å². The zero-order valence-corrected chi connectivity index (χ0v) is 27.2. The highest BCUT2D eigenvalue weighted by atomic mass is 32.2. The molecule has 0 radical (unpaired) electrons. The Morgan fingerprint density at radius 2 is 1.38 bits per heavy atom. The lowest BCUT2D eigenvalue weighted by atomic mass is 9.90. The molecule has 0 atom stereocenters. The van der Waals surface area contributed by atoms with Gasteiger partial charge in [0.1, 0.15) is 16.7 Å². The van der Waals surface area contributed by atoms with Gasteiger partial charge in [-0.25, -0.2) is 13.0 Å². The van der Waals surface area contributed by atoms with E-state index in [1.165, 1.54) is 28.3 Å². The van der Waals surface area contributed by atoms with Crippen LogP contribution in [0.5, 0.6) is 0 Å². The Labute approximate surface area is 267 Å². The van der Waals surface area contributed by atoms with Crippen LogP contribution in [0.4, 0.5) is 5.69 Å². The zero-order valence-electron chi connectivity index (χ0n) is 26.4. The van der Waals surface area contributed by atoms with Crippen LogP contribution in [-0.2, 0) is 23.2 Å². The highest BCUT2D eigenvalue weighted by Crippen LogP contribution is 2.34. The van der Waals surface area contributed by atoms with Gasteiger partial charge >= 0.3 is 0 Å². The second-order valence-electron chi connectivity index (χ2n) is 11.4. The molecule has 5 nitrogen and oxygen atoms in total. The number of nitrogens with zero attached hydrogens (tertiary/aromatic N) is 2. The van der Waals surface area contributed by atoms with Gasteiger partial charge in [-0.15, -0.1) is 0 Å². The topological polar surface area (TPSA) is 63.5 Å². The van der Waals surface area contributed by atoms with Crippen molar-refractivity contribution < 1.29 is 17.5 Å². The third-order valence-corrected chi connectivity index (χ3v) is 9.04. The molecular weight excluding hydrogens is 577 g/mol. The molecule has 0 fully saturated rings. The van der Waals surface area contributed by atoms with Gasteiger partial charge in [-0.05, 0) is 86.4 Å². The van der Waals surface area contributed by atoms with Crippen molar-refractivity contribution in [2.75, 3.05) is 18.0 Å². The van der Waals surface area contributed by atoms with Crippen LogP contribution in [0.25, 0.3) is 5.57 Å². The number of hydrogen-bond donors (Lipinski definition) is 0. The van der Waals surface area contributed by atoms with Gasteiger partial charge in [-0.2, -0.15) is 0 Å². The summed E-state index contributed by atoms with van der Waals surface area (Å²) in [5.74, 6) is 0. The average molecular weight is 617 g/mol. The summed E-state index contributed by atoms with van der Waals surface area (Å²) in [6.45, 7) is 11.7. The van der Waals surface area contributed by atoms with Crippen LogP contribution in [0.2, 0.25) is 0 Å². The molecule has 4 aromatic carbocycles. The highest BCUT2D eigenvalue weighted by Gasteiger charge is 2.20. The summed E-state index contributed by atoms with van der Waals surface area (Å²) in [5, 5.41) is 0. The van der Waals surface area contributed by atoms with Crippen LogP contribution in [-0.4, -0.2) is 36.3 Å². The van der Waals surface area contributed by atoms with E-state index in [0.717, 1.165) is 48.7 Å². The minimum Gasteiger partial charge on any atom is -0.744 e. The van der Waals surface area contributed by atoms with E-state index in [9.17, 15) is 13.0 Å². The summed E-state index contributed by atoms with van der Waals surface area (Å²) in [6.07, 6.45) is 8.17. The summed E-state index contributed by atoms with van der Waals surface area (Å²) in [5.41, 5.74) is 9.84. The predicted octanol–water partition coefficient (Wildman–Crippen LogP) is 7.84. The molecule has 0 saturated heterocycles. The Morgan fingerprint density at radius 3 is 1.98 bits per heavy atom. The third kappa shape index (κ3) is 7.77. The maximum atomic E-state index is 12.4. The van der Waals surface area contributed by atoms with Gasteiger partial charge in [-0.1, -0.05) is 83.9 Å². The fourth-order valence-electron chi connectivity index (χ4n) is 5.88. The Kier molecular flexibility index (Phi) is 9.96. The molecule has 0 aliphatic heterocycles. The summed E-state index contributed by atoms with van der Waals surface area (Å²) in [4.78, 5) is 2.08. The SMILES string of the molecule is CCN(Cc1cccc(C)c1)c1ccc(C(=C2C=CC(=[N+](CC)Cc3cccc(C)c3)C=C2)c2ccccc2S(=O)(=O)[O-])cc1. The molecule has 0 bridgehead atoms. The van der Waals surface area contributed by atoms with Crippen molar-refractivity contribution in [1.29, 1.82) is 0 Å². The van der Waals surface area contributed by atoms with E-state index in [2.05, 4.69) is 110 Å². The van der Waals surface area contributed by atoms with Crippen molar-refractivity contribution in [1.82, 2.24) is 0 Å². The summed E-state index contributed by atoms with van der Waals surface area (Å²) < 4.78 is 39.5. The molecule has 0 spiro atoms. The summed E-state index contributed by atoms with van der Waals surface area (Å²) >= 11 is 0. The maximum absolute atomic E-state index is 12.4. The minimum absolute atomic E-state index is 0.225. The number of benzene rings is 4. The molecule has 4 aromatic rings. The Balaban J connectivity index is 1.55. The first-order chi connectivity index (χ1) is 21.7. The van der Waals surface area contributed by atoms with E-state index < -0.39 is 10.1 Å². The second kappa shape index (κ2) is 14.1. The van der Waals surface area contributed by atoms with Gasteiger partial charge in [0.2, 0.25) is 0 Å². The van der Waals surface area contributed by atoms with Crippen molar-refractivity contribution >= 4 is 27.1 Å². The fraction of sp³-hybridized carbons (Fsp3) is 0.205. The molecular formula is C39H40N2O3S. The standard InChI is InChI=1S/C39H40N2O3S/c1-5-40(27-31-13-9-11-29(3)25-31)35-21-17-33(18-22-35)39(37-15-7-8-16-38(37)45(42,43)44)34-19-23-36(24-20-34)41(6-2)28-32-14-10-12-30(4)26-32/h7-26H,5-6,27-28H2,1-4H3. The van der Waals surface area contributed by atoms with Gasteiger partial charge in [0, 0.05) is 42.1 Å². The Morgan fingerprint density at radius 1 is 0.756 bits per heavy atom. The quantitative estimate of drug-likeness (QED) is 0.135. The fourth-order valence-corrected chi connectivity index (χ4v) is 6.56. The molecule has 0 heterocycles. The van der Waals surface area contributed by atoms with Gasteiger partial charge < -0.3 is 9.45 Å². The lowest BCUT2D eigenvalue weighted by Gasteiger charge is -2.24. The van der Waals surface area contributed by atoms with Crippen LogP contribution in [0.3, 0.4) is 0 Å². The number of hydrogen-bond acceptors (Lipinski definition) is 4. The first-order valence-corrected chi connectivity index (χ1v) is 16.8. The predicted molar refractivity (Wildman–Crippen MR) is 184 cm³/mol. The van der Waals surface area contributed by atoms with E-state index in [1.54, 1.807) is 18.2 Å². The van der Waals surface area contributed by atoms with Crippen LogP contribution in [0.1, 0.15) is 47.2 Å². The third-order valence-electron chi connectivity index (χ3n) is 8.14. The smallest absolute Gasteiger partial charge is 0.200 e. The van der Waals surface area contributed by atoms with Crippen LogP contribution in [0, 0.1) is 13.8 Å². The number of allylic oxidation sites excluding steroid dienone is 5. The first-order valence-electron chi connectivity index (χ1n) is 15.4. The number of anilines is 1. The summed E-state index contributed by atoms with van der Waals surface area (Å²) in [7, 11) is -4.71. The van der Waals surface area contributed by atoms with Gasteiger partial charge in [0.25, 0.3) is 0 Å². The number of rotatable bonds is 10. The normalized spacial score (nSPS) is 12.8. The molecule has 6 heteroatoms. The monoisotopic (exact) mass is 616 g/mol. The molecule has 1 aliphatic carbocycles. The van der Waals surface area contributed by atoms with Crippen molar-refractivity contribution in [2.45, 2.75) is 45.7 Å². The van der Waals surface area contributed by atoms with Gasteiger partial charge in [0.15, 0.2) is 12.3 Å². The van der Waals surface area contributed by atoms with E-state index in [1.807, 2.05) is 24.3 Å². The largest absolute Gasteiger partial charge is 0.744 e. The van der Waals surface area contributed by atoms with E-state index in [4.69, 9.17) is 0 Å². The molecule has 0 saturated carbocycles. The first kappa shape index (κ1) is 31.9. The van der Waals surface area contributed by atoms with Crippen molar-refractivity contribution in [3.05, 3.63) is 160 Å².